The summed E-state index contributed by atoms with van der Waals surface area (Å²) in [4.78, 5) is 31.1. The molecule has 0 bridgehead atoms. The topological polar surface area (TPSA) is 84.0 Å². The van der Waals surface area contributed by atoms with Crippen molar-refractivity contribution in [2.75, 3.05) is 5.32 Å². The summed E-state index contributed by atoms with van der Waals surface area (Å²) < 4.78 is 0. The first-order chi connectivity index (χ1) is 10.4. The van der Waals surface area contributed by atoms with Crippen LogP contribution in [0.3, 0.4) is 0 Å². The summed E-state index contributed by atoms with van der Waals surface area (Å²) in [5.41, 5.74) is -0.0141. The number of nitrogens with one attached hydrogen (secondary N) is 2. The molecule has 3 amide bonds. The molecule has 0 fully saturated rings. The van der Waals surface area contributed by atoms with Gasteiger partial charge in [-0.3, -0.25) is 15.4 Å². The molecule has 2 aromatic rings. The van der Waals surface area contributed by atoms with E-state index in [-0.39, 0.29) is 31.9 Å². The second kappa shape index (κ2) is 7.11. The van der Waals surface area contributed by atoms with Gasteiger partial charge in [0, 0.05) is 6.07 Å². The van der Waals surface area contributed by atoms with Gasteiger partial charge < -0.3 is 0 Å². The maximum Gasteiger partial charge on any atom is 0.327 e. The molecule has 1 aromatic carbocycles. The fraction of sp³-hybridized carbons (Fsp3) is 0. The molecule has 22 heavy (non-hydrogen) atoms. The maximum absolute atomic E-state index is 12.0. The zero-order valence-corrected chi connectivity index (χ0v) is 13.6. The molecular weight excluding hydrogens is 374 g/mol. The molecule has 10 heteroatoms. The van der Waals surface area contributed by atoms with Gasteiger partial charge in [0.25, 0.3) is 5.91 Å². The molecule has 0 aliphatic heterocycles. The summed E-state index contributed by atoms with van der Waals surface area (Å²) in [6.45, 7) is 0. The fourth-order valence-corrected chi connectivity index (χ4v) is 2.46. The Kier molecular flexibility index (Phi) is 5.42. The van der Waals surface area contributed by atoms with E-state index in [1.165, 1.54) is 18.2 Å². The maximum atomic E-state index is 12.0. The molecule has 114 valence electrons. The van der Waals surface area contributed by atoms with Crippen molar-refractivity contribution >= 4 is 64.2 Å². The van der Waals surface area contributed by atoms with Gasteiger partial charge in [0.1, 0.15) is 11.0 Å². The number of anilines is 1. The van der Waals surface area contributed by atoms with Crippen LogP contribution in [0.4, 0.5) is 10.6 Å². The standard InChI is InChI=1S/C12H6Cl4N4O2/c13-5-2-1-3-6(14)9(5)10(21)20-12(22)19-8-4-7(15)17-11(16)18-8/h1-4H,(H2,17,18,19,20,21,22). The summed E-state index contributed by atoms with van der Waals surface area (Å²) >= 11 is 23.0. The van der Waals surface area contributed by atoms with E-state index >= 15 is 0 Å². The number of carbonyl (C=O) groups is 2. The van der Waals surface area contributed by atoms with Crippen LogP contribution >= 0.6 is 46.4 Å². The lowest BCUT2D eigenvalue weighted by Gasteiger charge is -2.08. The minimum absolute atomic E-state index is 0.0141. The van der Waals surface area contributed by atoms with Crippen LogP contribution in [0.5, 0.6) is 0 Å². The number of nitrogens with zero attached hydrogens (tertiary/aromatic N) is 2. The van der Waals surface area contributed by atoms with Crippen LogP contribution in [-0.2, 0) is 0 Å². The van der Waals surface area contributed by atoms with E-state index in [9.17, 15) is 9.59 Å². The predicted octanol–water partition coefficient (Wildman–Crippen LogP) is 4.05. The van der Waals surface area contributed by atoms with E-state index in [1.807, 2.05) is 0 Å². The highest BCUT2D eigenvalue weighted by Crippen LogP contribution is 2.24. The molecule has 0 spiro atoms. The highest BCUT2D eigenvalue weighted by molar-refractivity contribution is 6.40. The Hall–Kier alpha value is -1.60. The average molecular weight is 380 g/mol. The van der Waals surface area contributed by atoms with Crippen molar-refractivity contribution in [2.24, 2.45) is 0 Å². The molecule has 1 heterocycles. The van der Waals surface area contributed by atoms with Crippen LogP contribution in [0, 0.1) is 0 Å². The van der Waals surface area contributed by atoms with Crippen LogP contribution in [0.1, 0.15) is 10.4 Å². The Balaban J connectivity index is 2.10. The third kappa shape index (κ3) is 4.20. The van der Waals surface area contributed by atoms with Gasteiger partial charge in [-0.2, -0.15) is 0 Å². The molecule has 0 unspecified atom stereocenters. The number of amides is 3. The first kappa shape index (κ1) is 16.8. The van der Waals surface area contributed by atoms with Crippen molar-refractivity contribution in [3.05, 3.63) is 50.3 Å². The van der Waals surface area contributed by atoms with Crippen molar-refractivity contribution in [1.29, 1.82) is 0 Å². The predicted molar refractivity (Wildman–Crippen MR) is 85.0 cm³/mol. The summed E-state index contributed by atoms with van der Waals surface area (Å²) in [5, 5.41) is 4.47. The second-order valence-corrected chi connectivity index (χ2v) is 5.39. The number of halogens is 4. The van der Waals surface area contributed by atoms with Gasteiger partial charge >= 0.3 is 6.03 Å². The van der Waals surface area contributed by atoms with Gasteiger partial charge in [-0.15, -0.1) is 0 Å². The number of carbonyl (C=O) groups excluding carboxylic acids is 2. The Morgan fingerprint density at radius 1 is 1.00 bits per heavy atom. The van der Waals surface area contributed by atoms with Gasteiger partial charge in [0.05, 0.1) is 15.6 Å². The molecule has 0 aliphatic carbocycles. The minimum Gasteiger partial charge on any atom is -0.292 e. The number of aromatic nitrogens is 2. The number of benzene rings is 1. The van der Waals surface area contributed by atoms with Crippen LogP contribution in [0.2, 0.25) is 20.5 Å². The molecule has 1 aromatic heterocycles. The molecule has 2 rings (SSSR count). The summed E-state index contributed by atoms with van der Waals surface area (Å²) in [6, 6.07) is 4.94. The first-order valence-corrected chi connectivity index (χ1v) is 7.14. The zero-order chi connectivity index (χ0) is 16.3. The van der Waals surface area contributed by atoms with Crippen molar-refractivity contribution in [3.8, 4) is 0 Å². The third-order valence-corrected chi connectivity index (χ3v) is 3.32. The molecule has 0 aliphatic rings. The molecule has 0 atom stereocenters. The smallest absolute Gasteiger partial charge is 0.292 e. The highest BCUT2D eigenvalue weighted by atomic mass is 35.5. The van der Waals surface area contributed by atoms with Crippen LogP contribution in [0.15, 0.2) is 24.3 Å². The molecule has 0 saturated heterocycles. The van der Waals surface area contributed by atoms with Crippen molar-refractivity contribution < 1.29 is 9.59 Å². The largest absolute Gasteiger partial charge is 0.327 e. The van der Waals surface area contributed by atoms with E-state index in [4.69, 9.17) is 46.4 Å². The summed E-state index contributed by atoms with van der Waals surface area (Å²) in [5.74, 6) is -0.736. The van der Waals surface area contributed by atoms with Gasteiger partial charge in [-0.1, -0.05) is 40.9 Å². The molecule has 2 N–H and O–H groups in total. The SMILES string of the molecule is O=C(NC(=O)c1c(Cl)cccc1Cl)Nc1cc(Cl)nc(Cl)n1. The Morgan fingerprint density at radius 2 is 1.64 bits per heavy atom. The minimum atomic E-state index is -0.855. The lowest BCUT2D eigenvalue weighted by atomic mass is 10.2. The van der Waals surface area contributed by atoms with Crippen LogP contribution in [0.25, 0.3) is 0 Å². The summed E-state index contributed by atoms with van der Waals surface area (Å²) in [7, 11) is 0. The number of hydrogen-bond donors (Lipinski definition) is 2. The van der Waals surface area contributed by atoms with E-state index in [0.29, 0.717) is 0 Å². The lowest BCUT2D eigenvalue weighted by Crippen LogP contribution is -2.35. The molecule has 0 saturated carbocycles. The first-order valence-electron chi connectivity index (χ1n) is 5.63. The van der Waals surface area contributed by atoms with Crippen molar-refractivity contribution in [1.82, 2.24) is 15.3 Å². The zero-order valence-electron chi connectivity index (χ0n) is 10.5. The monoisotopic (exact) mass is 378 g/mol. The number of rotatable bonds is 2. The highest BCUT2D eigenvalue weighted by Gasteiger charge is 2.17. The number of hydrogen-bond acceptors (Lipinski definition) is 4. The Labute approximate surface area is 144 Å². The van der Waals surface area contributed by atoms with Crippen LogP contribution in [-0.4, -0.2) is 21.9 Å². The van der Waals surface area contributed by atoms with E-state index < -0.39 is 11.9 Å². The Bertz CT molecular complexity index is 713. The van der Waals surface area contributed by atoms with Gasteiger partial charge in [0.2, 0.25) is 5.28 Å². The molecule has 6 nitrogen and oxygen atoms in total. The van der Waals surface area contributed by atoms with Gasteiger partial charge in [0.15, 0.2) is 0 Å². The Morgan fingerprint density at radius 3 is 2.23 bits per heavy atom. The normalized spacial score (nSPS) is 10.2. The van der Waals surface area contributed by atoms with Crippen LogP contribution < -0.4 is 10.6 Å². The molecular formula is C12H6Cl4N4O2. The third-order valence-electron chi connectivity index (χ3n) is 2.33. The van der Waals surface area contributed by atoms with Gasteiger partial charge in [-0.05, 0) is 23.7 Å². The second-order valence-electron chi connectivity index (χ2n) is 3.85. The number of imide groups is 1. The van der Waals surface area contributed by atoms with Crippen molar-refractivity contribution in [3.63, 3.8) is 0 Å². The fourth-order valence-electron chi connectivity index (χ4n) is 1.48. The van der Waals surface area contributed by atoms with E-state index in [1.54, 1.807) is 6.07 Å². The summed E-state index contributed by atoms with van der Waals surface area (Å²) in [6.07, 6.45) is 0. The quantitative estimate of drug-likeness (QED) is 0.608. The lowest BCUT2D eigenvalue weighted by molar-refractivity contribution is 0.0967. The van der Waals surface area contributed by atoms with Crippen molar-refractivity contribution in [2.45, 2.75) is 0 Å². The molecule has 0 radical (unpaired) electrons. The van der Waals surface area contributed by atoms with Gasteiger partial charge in [-0.25, -0.2) is 14.8 Å². The van der Waals surface area contributed by atoms with E-state index in [0.717, 1.165) is 0 Å². The van der Waals surface area contributed by atoms with E-state index in [2.05, 4.69) is 20.6 Å². The average Bonchev–Trinajstić information content (AvgIpc) is 2.36. The number of urea groups is 1.